The molecule has 1 aromatic rings. The zero-order valence-electron chi connectivity index (χ0n) is 14.3. The van der Waals surface area contributed by atoms with Crippen LogP contribution in [-0.4, -0.2) is 23.4 Å². The molecule has 0 bridgehead atoms. The van der Waals surface area contributed by atoms with Gasteiger partial charge in [-0.05, 0) is 0 Å². The van der Waals surface area contributed by atoms with Crippen LogP contribution in [0.4, 0.5) is 0 Å². The first-order valence-corrected chi connectivity index (χ1v) is 16.6. The number of hydrogen-bond donors (Lipinski definition) is 0. The summed E-state index contributed by atoms with van der Waals surface area (Å²) >= 11 is -2.09. The van der Waals surface area contributed by atoms with Gasteiger partial charge < -0.3 is 0 Å². The molecule has 1 aromatic heterocycles. The van der Waals surface area contributed by atoms with E-state index in [4.69, 9.17) is 0 Å². The molecule has 0 aliphatic rings. The molecule has 0 saturated heterocycles. The van der Waals surface area contributed by atoms with Crippen LogP contribution in [-0.2, 0) is 0 Å². The van der Waals surface area contributed by atoms with Gasteiger partial charge in [0.15, 0.2) is 0 Å². The average molecular weight is 394 g/mol. The van der Waals surface area contributed by atoms with Crippen molar-refractivity contribution in [3.63, 3.8) is 0 Å². The summed E-state index contributed by atoms with van der Waals surface area (Å²) in [6.45, 7) is 7.00. The molecule has 0 aliphatic carbocycles. The van der Waals surface area contributed by atoms with Gasteiger partial charge in [0, 0.05) is 0 Å². The Hall–Kier alpha value is -0.311. The molecule has 2 heteroatoms. The van der Waals surface area contributed by atoms with Gasteiger partial charge in [-0.15, -0.1) is 0 Å². The summed E-state index contributed by atoms with van der Waals surface area (Å²) in [4.78, 5) is 4.24. The quantitative estimate of drug-likeness (QED) is 0.392. The van der Waals surface area contributed by atoms with E-state index in [2.05, 4.69) is 42.0 Å². The third kappa shape index (κ3) is 7.48. The Kier molecular flexibility index (Phi) is 10.1. The number of pyridine rings is 1. The van der Waals surface area contributed by atoms with Gasteiger partial charge in [-0.1, -0.05) is 0 Å². The van der Waals surface area contributed by atoms with Crippen molar-refractivity contribution in [1.82, 2.24) is 4.98 Å². The van der Waals surface area contributed by atoms with Gasteiger partial charge in [0.05, 0.1) is 0 Å². The van der Waals surface area contributed by atoms with E-state index in [0.717, 1.165) is 0 Å². The fourth-order valence-corrected chi connectivity index (χ4v) is 17.1. The Morgan fingerprint density at radius 1 is 0.952 bits per heavy atom. The minimum atomic E-state index is -2.09. The Morgan fingerprint density at radius 2 is 1.52 bits per heavy atom. The second kappa shape index (κ2) is 11.3. The zero-order valence-corrected chi connectivity index (χ0v) is 17.1. The van der Waals surface area contributed by atoms with Crippen molar-refractivity contribution in [3.05, 3.63) is 34.2 Å². The predicted molar refractivity (Wildman–Crippen MR) is 98.2 cm³/mol. The summed E-state index contributed by atoms with van der Waals surface area (Å²) in [5.74, 6) is 0. The molecule has 1 nitrogen and oxygen atoms in total. The standard InChI is InChI=1S/C7H6N.3C4H9.Sn/c1-2-7-4-3-5-8-6-7;3*1-3-4-2;/h1-6H;3*1,3-4H2,2H3;. The zero-order chi connectivity index (χ0) is 15.4. The molecular formula is C19H33NSn. The fourth-order valence-electron chi connectivity index (χ4n) is 2.96. The number of nitrogens with zero attached hydrogens (tertiary/aromatic N) is 1. The molecule has 0 aromatic carbocycles. The Balaban J connectivity index is 2.86. The van der Waals surface area contributed by atoms with Crippen molar-refractivity contribution in [3.8, 4) is 0 Å². The summed E-state index contributed by atoms with van der Waals surface area (Å²) in [7, 11) is 0. The van der Waals surface area contributed by atoms with E-state index in [0.29, 0.717) is 0 Å². The first kappa shape index (κ1) is 18.7. The predicted octanol–water partition coefficient (Wildman–Crippen LogP) is 6.48. The van der Waals surface area contributed by atoms with E-state index in [1.807, 2.05) is 18.5 Å². The van der Waals surface area contributed by atoms with E-state index < -0.39 is 18.4 Å². The molecule has 0 aliphatic heterocycles. The molecule has 21 heavy (non-hydrogen) atoms. The molecule has 1 heterocycles. The van der Waals surface area contributed by atoms with Gasteiger partial charge in [-0.2, -0.15) is 0 Å². The van der Waals surface area contributed by atoms with Crippen molar-refractivity contribution in [2.75, 3.05) is 0 Å². The molecule has 0 spiro atoms. The molecule has 0 unspecified atom stereocenters. The second-order valence-corrected chi connectivity index (χ2v) is 19.3. The van der Waals surface area contributed by atoms with E-state index in [-0.39, 0.29) is 0 Å². The molecule has 0 amide bonds. The van der Waals surface area contributed by atoms with Gasteiger partial charge in [0.25, 0.3) is 0 Å². The van der Waals surface area contributed by atoms with Crippen LogP contribution in [0.25, 0.3) is 6.08 Å². The molecule has 0 atom stereocenters. The van der Waals surface area contributed by atoms with Crippen LogP contribution in [0, 0.1) is 0 Å². The summed E-state index contributed by atoms with van der Waals surface area (Å²) in [6, 6.07) is 4.22. The molecule has 118 valence electrons. The molecule has 0 fully saturated rings. The Labute approximate surface area is 136 Å². The van der Waals surface area contributed by atoms with Gasteiger partial charge in [0.1, 0.15) is 0 Å². The molecule has 1 rings (SSSR count). The van der Waals surface area contributed by atoms with Crippen molar-refractivity contribution >= 4 is 24.5 Å². The van der Waals surface area contributed by atoms with Crippen LogP contribution < -0.4 is 0 Å². The van der Waals surface area contributed by atoms with E-state index >= 15 is 0 Å². The number of rotatable bonds is 11. The summed E-state index contributed by atoms with van der Waals surface area (Å²) in [6.07, 6.45) is 14.6. The van der Waals surface area contributed by atoms with Gasteiger partial charge in [-0.25, -0.2) is 0 Å². The molecule has 0 saturated carbocycles. The second-order valence-electron chi connectivity index (χ2n) is 6.29. The summed E-state index contributed by atoms with van der Waals surface area (Å²) < 4.78 is 7.35. The third-order valence-electron chi connectivity index (χ3n) is 4.40. The van der Waals surface area contributed by atoms with Crippen molar-refractivity contribution in [2.24, 2.45) is 0 Å². The van der Waals surface area contributed by atoms with Crippen molar-refractivity contribution in [1.29, 1.82) is 0 Å². The Bertz CT molecular complexity index is 364. The van der Waals surface area contributed by atoms with E-state index in [1.165, 1.54) is 44.1 Å². The molecule has 0 radical (unpaired) electrons. The SMILES string of the molecule is CCC[CH2][Sn]([CH]=Cc1cccnc1)([CH2]CCC)[CH2]CCC. The molecule has 0 N–H and O–H groups in total. The van der Waals surface area contributed by atoms with Gasteiger partial charge in [-0.3, -0.25) is 0 Å². The van der Waals surface area contributed by atoms with Crippen LogP contribution in [0.3, 0.4) is 0 Å². The summed E-state index contributed by atoms with van der Waals surface area (Å²) in [5.41, 5.74) is 1.28. The van der Waals surface area contributed by atoms with E-state index in [1.54, 1.807) is 13.3 Å². The van der Waals surface area contributed by atoms with Gasteiger partial charge >= 0.3 is 136 Å². The van der Waals surface area contributed by atoms with Crippen molar-refractivity contribution < 1.29 is 0 Å². The Morgan fingerprint density at radius 3 is 1.95 bits per heavy atom. The maximum absolute atomic E-state index is 4.24. The number of aromatic nitrogens is 1. The average Bonchev–Trinajstić information content (AvgIpc) is 2.54. The third-order valence-corrected chi connectivity index (χ3v) is 18.4. The van der Waals surface area contributed by atoms with Crippen LogP contribution >= 0.6 is 0 Å². The van der Waals surface area contributed by atoms with Crippen molar-refractivity contribution in [2.45, 2.75) is 72.6 Å². The van der Waals surface area contributed by atoms with E-state index in [9.17, 15) is 0 Å². The molecular weight excluding hydrogens is 361 g/mol. The number of unbranched alkanes of at least 4 members (excludes halogenated alkanes) is 3. The topological polar surface area (TPSA) is 12.9 Å². The first-order chi connectivity index (χ1) is 10.3. The van der Waals surface area contributed by atoms with Crippen LogP contribution in [0.1, 0.15) is 64.9 Å². The van der Waals surface area contributed by atoms with Crippen LogP contribution in [0.15, 0.2) is 28.6 Å². The number of hydrogen-bond acceptors (Lipinski definition) is 1. The van der Waals surface area contributed by atoms with Crippen LogP contribution in [0.2, 0.25) is 13.3 Å². The van der Waals surface area contributed by atoms with Crippen LogP contribution in [0.5, 0.6) is 0 Å². The monoisotopic (exact) mass is 395 g/mol. The first-order valence-electron chi connectivity index (χ1n) is 8.85. The maximum atomic E-state index is 4.24. The summed E-state index contributed by atoms with van der Waals surface area (Å²) in [5, 5.41) is 0. The normalized spacial score (nSPS) is 12.1. The van der Waals surface area contributed by atoms with Gasteiger partial charge in [0.2, 0.25) is 0 Å². The fraction of sp³-hybridized carbons (Fsp3) is 0.632. The minimum absolute atomic E-state index is 1.28.